The van der Waals surface area contributed by atoms with E-state index in [4.69, 9.17) is 0 Å². The Morgan fingerprint density at radius 2 is 2.16 bits per heavy atom. The summed E-state index contributed by atoms with van der Waals surface area (Å²) in [6.07, 6.45) is 7.26. The second-order valence-corrected chi connectivity index (χ2v) is 7.18. The average Bonchev–Trinajstić information content (AvgIpc) is 2.98. The second kappa shape index (κ2) is 7.29. The Morgan fingerprint density at radius 1 is 1.42 bits per heavy atom. The van der Waals surface area contributed by atoms with Gasteiger partial charge >= 0.3 is 0 Å². The summed E-state index contributed by atoms with van der Waals surface area (Å²) >= 11 is 1.93. The fraction of sp³-hybridized carbons (Fsp3) is 0.857. The molecule has 1 heterocycles. The third-order valence-corrected chi connectivity index (χ3v) is 5.00. The molecule has 1 N–H and O–H groups in total. The fourth-order valence-corrected chi connectivity index (χ4v) is 3.80. The van der Waals surface area contributed by atoms with Crippen LogP contribution in [0.1, 0.15) is 45.4 Å². The number of hydrogen-bond donors (Lipinski definition) is 1. The third kappa shape index (κ3) is 4.80. The van der Waals surface area contributed by atoms with E-state index in [1.54, 1.807) is 6.33 Å². The molecule has 0 radical (unpaired) electrons. The molecule has 108 valence electrons. The molecule has 0 spiro atoms. The van der Waals surface area contributed by atoms with Gasteiger partial charge in [0.15, 0.2) is 0 Å². The van der Waals surface area contributed by atoms with Crippen molar-refractivity contribution in [3.63, 3.8) is 0 Å². The quantitative estimate of drug-likeness (QED) is 0.835. The summed E-state index contributed by atoms with van der Waals surface area (Å²) in [5, 5.41) is 15.1. The monoisotopic (exact) mass is 283 g/mol. The van der Waals surface area contributed by atoms with Crippen molar-refractivity contribution >= 4 is 11.8 Å². The summed E-state index contributed by atoms with van der Waals surface area (Å²) in [5.41, 5.74) is 0. The molecule has 0 bridgehead atoms. The van der Waals surface area contributed by atoms with Crippen LogP contribution in [0.2, 0.25) is 0 Å². The molecule has 5 heteroatoms. The fourth-order valence-electron chi connectivity index (χ4n) is 2.52. The molecule has 0 aliphatic heterocycles. The molecule has 19 heavy (non-hydrogen) atoms. The summed E-state index contributed by atoms with van der Waals surface area (Å²) in [6, 6.07) is 0. The summed E-state index contributed by atoms with van der Waals surface area (Å²) in [6.45, 7) is 5.20. The van der Waals surface area contributed by atoms with Crippen molar-refractivity contribution in [3.05, 3.63) is 12.2 Å². The predicted molar refractivity (Wildman–Crippen MR) is 79.3 cm³/mol. The van der Waals surface area contributed by atoms with E-state index >= 15 is 0 Å². The van der Waals surface area contributed by atoms with Gasteiger partial charge < -0.3 is 5.11 Å². The molecule has 1 aliphatic carbocycles. The van der Waals surface area contributed by atoms with Crippen LogP contribution >= 0.6 is 11.8 Å². The highest BCUT2D eigenvalue weighted by Crippen LogP contribution is 2.29. The zero-order valence-corrected chi connectivity index (χ0v) is 12.8. The van der Waals surface area contributed by atoms with Crippen LogP contribution in [-0.2, 0) is 13.0 Å². The normalized spacial score (nSPS) is 18.3. The number of nitrogens with zero attached hydrogens (tertiary/aromatic N) is 3. The van der Waals surface area contributed by atoms with E-state index in [1.807, 2.05) is 16.4 Å². The lowest BCUT2D eigenvalue weighted by molar-refractivity contribution is 0.194. The second-order valence-electron chi connectivity index (χ2n) is 5.85. The molecule has 0 saturated heterocycles. The Morgan fingerprint density at radius 3 is 2.84 bits per heavy atom. The van der Waals surface area contributed by atoms with Crippen LogP contribution in [0, 0.1) is 5.92 Å². The van der Waals surface area contributed by atoms with E-state index < -0.39 is 0 Å². The zero-order valence-electron chi connectivity index (χ0n) is 12.0. The maximum atomic E-state index is 10.1. The standard InChI is InChI=1S/C14H25N3OS/c1-11(2)8-17-14(15-10-16-17)7-12(18)9-19-13-5-3-4-6-13/h10-13,18H,3-9H2,1-2H3. The number of hydrogen-bond acceptors (Lipinski definition) is 4. The molecule has 1 aromatic heterocycles. The van der Waals surface area contributed by atoms with E-state index in [2.05, 4.69) is 23.9 Å². The lowest BCUT2D eigenvalue weighted by Crippen LogP contribution is -2.20. The smallest absolute Gasteiger partial charge is 0.138 e. The van der Waals surface area contributed by atoms with Crippen molar-refractivity contribution in [2.45, 2.75) is 63.9 Å². The van der Waals surface area contributed by atoms with Crippen molar-refractivity contribution in [1.82, 2.24) is 14.8 Å². The topological polar surface area (TPSA) is 50.9 Å². The maximum absolute atomic E-state index is 10.1. The molecule has 1 aliphatic rings. The van der Waals surface area contributed by atoms with Crippen LogP contribution in [0.25, 0.3) is 0 Å². The number of aliphatic hydroxyl groups is 1. The number of aromatic nitrogens is 3. The van der Waals surface area contributed by atoms with Crippen LogP contribution in [0.3, 0.4) is 0 Å². The van der Waals surface area contributed by atoms with E-state index in [1.165, 1.54) is 25.7 Å². The predicted octanol–water partition coefficient (Wildman–Crippen LogP) is 2.51. The molecule has 1 saturated carbocycles. The minimum atomic E-state index is -0.305. The molecule has 0 amide bonds. The summed E-state index contributed by atoms with van der Waals surface area (Å²) in [5.74, 6) is 2.28. The Labute approximate surface area is 120 Å². The number of thioether (sulfide) groups is 1. The van der Waals surface area contributed by atoms with Gasteiger partial charge in [0.1, 0.15) is 12.2 Å². The van der Waals surface area contributed by atoms with Gasteiger partial charge in [-0.15, -0.1) is 0 Å². The van der Waals surface area contributed by atoms with Gasteiger partial charge in [-0.25, -0.2) is 9.67 Å². The first-order valence-electron chi connectivity index (χ1n) is 7.31. The minimum absolute atomic E-state index is 0.305. The van der Waals surface area contributed by atoms with Gasteiger partial charge in [-0.2, -0.15) is 16.9 Å². The first kappa shape index (κ1) is 14.9. The Balaban J connectivity index is 1.77. The summed E-state index contributed by atoms with van der Waals surface area (Å²) in [7, 11) is 0. The Kier molecular flexibility index (Phi) is 5.70. The van der Waals surface area contributed by atoms with Crippen molar-refractivity contribution in [2.75, 3.05) is 5.75 Å². The molecular weight excluding hydrogens is 258 g/mol. The molecule has 1 atom stereocenters. The van der Waals surface area contributed by atoms with Gasteiger partial charge in [0.05, 0.1) is 6.10 Å². The molecule has 2 rings (SSSR count). The zero-order chi connectivity index (χ0) is 13.7. The van der Waals surface area contributed by atoms with Crippen LogP contribution in [0.4, 0.5) is 0 Å². The van der Waals surface area contributed by atoms with Crippen molar-refractivity contribution in [2.24, 2.45) is 5.92 Å². The van der Waals surface area contributed by atoms with Crippen LogP contribution in [-0.4, -0.2) is 37.0 Å². The summed E-state index contributed by atoms with van der Waals surface area (Å²) < 4.78 is 1.92. The lowest BCUT2D eigenvalue weighted by atomic mass is 10.2. The van der Waals surface area contributed by atoms with E-state index in [-0.39, 0.29) is 6.10 Å². The van der Waals surface area contributed by atoms with Gasteiger partial charge in [0.25, 0.3) is 0 Å². The molecule has 4 nitrogen and oxygen atoms in total. The van der Waals surface area contributed by atoms with Gasteiger partial charge in [0.2, 0.25) is 0 Å². The SMILES string of the molecule is CC(C)Cn1ncnc1CC(O)CSC1CCCC1. The van der Waals surface area contributed by atoms with Crippen LogP contribution < -0.4 is 0 Å². The minimum Gasteiger partial charge on any atom is -0.392 e. The number of rotatable bonds is 7. The van der Waals surface area contributed by atoms with Gasteiger partial charge in [-0.3, -0.25) is 0 Å². The molecule has 1 aromatic rings. The number of aliphatic hydroxyl groups excluding tert-OH is 1. The molecular formula is C14H25N3OS. The Hall–Kier alpha value is -0.550. The highest BCUT2D eigenvalue weighted by atomic mass is 32.2. The van der Waals surface area contributed by atoms with Gasteiger partial charge in [-0.05, 0) is 18.8 Å². The van der Waals surface area contributed by atoms with Gasteiger partial charge in [0, 0.05) is 24.0 Å². The van der Waals surface area contributed by atoms with E-state index in [0.717, 1.165) is 23.4 Å². The van der Waals surface area contributed by atoms with Crippen molar-refractivity contribution in [1.29, 1.82) is 0 Å². The lowest BCUT2D eigenvalue weighted by Gasteiger charge is -2.14. The molecule has 1 unspecified atom stereocenters. The van der Waals surface area contributed by atoms with E-state index in [0.29, 0.717) is 12.3 Å². The Bertz CT molecular complexity index is 375. The largest absolute Gasteiger partial charge is 0.392 e. The maximum Gasteiger partial charge on any atom is 0.138 e. The third-order valence-electron chi connectivity index (χ3n) is 3.48. The first-order valence-corrected chi connectivity index (χ1v) is 8.36. The van der Waals surface area contributed by atoms with Crippen LogP contribution in [0.15, 0.2) is 6.33 Å². The highest BCUT2D eigenvalue weighted by Gasteiger charge is 2.18. The van der Waals surface area contributed by atoms with Crippen LogP contribution in [0.5, 0.6) is 0 Å². The van der Waals surface area contributed by atoms with Gasteiger partial charge in [-0.1, -0.05) is 26.7 Å². The average molecular weight is 283 g/mol. The summed E-state index contributed by atoms with van der Waals surface area (Å²) in [4.78, 5) is 4.27. The molecule has 0 aromatic carbocycles. The first-order chi connectivity index (χ1) is 9.15. The van der Waals surface area contributed by atoms with Crippen molar-refractivity contribution in [3.8, 4) is 0 Å². The van der Waals surface area contributed by atoms with E-state index in [9.17, 15) is 5.11 Å². The highest BCUT2D eigenvalue weighted by molar-refractivity contribution is 7.99. The molecule has 1 fully saturated rings. The van der Waals surface area contributed by atoms with Crippen molar-refractivity contribution < 1.29 is 5.11 Å².